The number of hydrogen-bond donors (Lipinski definition) is 0. The van der Waals surface area contributed by atoms with Crippen LogP contribution in [0.15, 0.2) is 66.9 Å². The molecule has 1 fully saturated rings. The number of fused-ring (bicyclic) bond motifs is 2. The molecule has 34 heavy (non-hydrogen) atoms. The minimum Gasteiger partial charge on any atom is -0.307 e. The fraction of sp³-hybridized carbons (Fsp3) is 0.259. The highest BCUT2D eigenvalue weighted by Crippen LogP contribution is 2.48. The largest absolute Gasteiger partial charge is 0.307 e. The predicted molar refractivity (Wildman–Crippen MR) is 148 cm³/mol. The number of likely N-dealkylation sites (tertiary alicyclic amines) is 1. The fourth-order valence-electron chi connectivity index (χ4n) is 5.02. The number of rotatable bonds is 4. The first-order valence-electron chi connectivity index (χ1n) is 11.3. The molecule has 2 aliphatic rings. The number of pyridine rings is 1. The van der Waals surface area contributed by atoms with Crippen molar-refractivity contribution in [1.82, 2.24) is 9.88 Å². The quantitative estimate of drug-likeness (QED) is 0.246. The summed E-state index contributed by atoms with van der Waals surface area (Å²) in [5.41, 5.74) is 4.03. The average molecular weight is 604 g/mol. The Kier molecular flexibility index (Phi) is 6.98. The number of hydrogen-bond acceptors (Lipinski definition) is 3. The van der Waals surface area contributed by atoms with E-state index in [-0.39, 0.29) is 11.3 Å². The van der Waals surface area contributed by atoms with Crippen LogP contribution in [0.25, 0.3) is 6.08 Å². The summed E-state index contributed by atoms with van der Waals surface area (Å²) >= 11 is 14.4. The van der Waals surface area contributed by atoms with Gasteiger partial charge < -0.3 is 4.90 Å². The molecule has 0 aliphatic carbocycles. The highest BCUT2D eigenvalue weighted by Gasteiger charge is 2.46. The van der Waals surface area contributed by atoms with Crippen molar-refractivity contribution in [3.8, 4) is 0 Å². The van der Waals surface area contributed by atoms with Crippen molar-refractivity contribution in [1.29, 1.82) is 0 Å². The minimum atomic E-state index is -0.0167. The molecule has 0 atom stereocenters. The molecule has 4 nitrogen and oxygen atoms in total. The molecule has 7 heteroatoms. The molecule has 2 aromatic carbocycles. The van der Waals surface area contributed by atoms with E-state index in [1.165, 1.54) is 9.13 Å². The van der Waals surface area contributed by atoms with Crippen LogP contribution >= 0.6 is 45.8 Å². The topological polar surface area (TPSA) is 36.4 Å². The zero-order valence-corrected chi connectivity index (χ0v) is 22.2. The molecule has 0 N–H and O–H groups in total. The van der Waals surface area contributed by atoms with E-state index >= 15 is 0 Å². The van der Waals surface area contributed by atoms with E-state index < -0.39 is 0 Å². The molecule has 174 valence electrons. The van der Waals surface area contributed by atoms with E-state index in [4.69, 9.17) is 23.2 Å². The van der Waals surface area contributed by atoms with Crippen molar-refractivity contribution in [2.24, 2.45) is 0 Å². The number of benzene rings is 2. The normalized spacial score (nSPS) is 17.4. The van der Waals surface area contributed by atoms with Crippen molar-refractivity contribution in [2.75, 3.05) is 31.1 Å². The van der Waals surface area contributed by atoms with E-state index in [9.17, 15) is 4.79 Å². The van der Waals surface area contributed by atoms with Crippen LogP contribution in [0.5, 0.6) is 0 Å². The van der Waals surface area contributed by atoms with Crippen LogP contribution in [0.4, 0.5) is 5.69 Å². The maximum Gasteiger partial charge on any atom is 0.258 e. The Morgan fingerprint density at radius 2 is 1.82 bits per heavy atom. The van der Waals surface area contributed by atoms with Crippen molar-refractivity contribution >= 4 is 63.5 Å². The monoisotopic (exact) mass is 603 g/mol. The number of aromatic nitrogens is 1. The second-order valence-electron chi connectivity index (χ2n) is 8.95. The van der Waals surface area contributed by atoms with Gasteiger partial charge in [0.1, 0.15) is 5.15 Å². The van der Waals surface area contributed by atoms with E-state index in [1.54, 1.807) is 18.3 Å². The van der Waals surface area contributed by atoms with Gasteiger partial charge in [-0.2, -0.15) is 0 Å². The predicted octanol–water partition coefficient (Wildman–Crippen LogP) is 6.70. The van der Waals surface area contributed by atoms with Gasteiger partial charge in [0.25, 0.3) is 5.91 Å². The fourth-order valence-corrected chi connectivity index (χ4v) is 5.81. The van der Waals surface area contributed by atoms with Crippen LogP contribution in [0.1, 0.15) is 34.3 Å². The lowest BCUT2D eigenvalue weighted by atomic mass is 9.74. The van der Waals surface area contributed by atoms with Gasteiger partial charge in [-0.05, 0) is 102 Å². The maximum atomic E-state index is 13.4. The molecular formula is C27H24Cl2IN3O. The lowest BCUT2D eigenvalue weighted by Gasteiger charge is -2.39. The number of piperidine rings is 1. The van der Waals surface area contributed by atoms with Gasteiger partial charge in [0.2, 0.25) is 0 Å². The second-order valence-corrected chi connectivity index (χ2v) is 11.0. The first-order valence-corrected chi connectivity index (χ1v) is 13.1. The number of halogens is 3. The lowest BCUT2D eigenvalue weighted by molar-refractivity contribution is 0.0977. The molecule has 3 aromatic rings. The van der Waals surface area contributed by atoms with Gasteiger partial charge in [-0.1, -0.05) is 47.5 Å². The zero-order chi connectivity index (χ0) is 23.7. The highest BCUT2D eigenvalue weighted by atomic mass is 127. The van der Waals surface area contributed by atoms with Crippen LogP contribution in [-0.2, 0) is 5.41 Å². The van der Waals surface area contributed by atoms with Crippen LogP contribution in [0.2, 0.25) is 10.2 Å². The van der Waals surface area contributed by atoms with Crippen LogP contribution in [0, 0.1) is 3.57 Å². The Morgan fingerprint density at radius 1 is 1.06 bits per heavy atom. The number of carbonyl (C=O) groups is 1. The van der Waals surface area contributed by atoms with Gasteiger partial charge in [0.05, 0.1) is 0 Å². The van der Waals surface area contributed by atoms with Crippen LogP contribution in [0.3, 0.4) is 0 Å². The number of anilines is 1. The summed E-state index contributed by atoms with van der Waals surface area (Å²) < 4.78 is 1.20. The van der Waals surface area contributed by atoms with Crippen molar-refractivity contribution in [2.45, 2.75) is 18.3 Å². The average Bonchev–Trinajstić information content (AvgIpc) is 3.14. The summed E-state index contributed by atoms with van der Waals surface area (Å²) in [7, 11) is 0. The number of nitrogens with zero attached hydrogens (tertiary/aromatic N) is 3. The maximum absolute atomic E-state index is 13.4. The highest BCUT2D eigenvalue weighted by molar-refractivity contribution is 14.1. The van der Waals surface area contributed by atoms with Crippen LogP contribution < -0.4 is 4.90 Å². The van der Waals surface area contributed by atoms with Crippen molar-refractivity contribution in [3.05, 3.63) is 97.3 Å². The first-order chi connectivity index (χ1) is 16.4. The summed E-state index contributed by atoms with van der Waals surface area (Å²) in [5, 5.41) is 1.09. The molecular weight excluding hydrogens is 580 g/mol. The van der Waals surface area contributed by atoms with E-state index in [0.29, 0.717) is 17.3 Å². The summed E-state index contributed by atoms with van der Waals surface area (Å²) in [6.45, 7) is 3.61. The Labute approximate surface area is 223 Å². The van der Waals surface area contributed by atoms with Crippen molar-refractivity contribution in [3.63, 3.8) is 0 Å². The molecule has 0 saturated carbocycles. The van der Waals surface area contributed by atoms with Gasteiger partial charge in [-0.15, -0.1) is 0 Å². The standard InChI is InChI=1S/C27H24Cl2IN3O/c28-21-5-3-19(4-6-21)2-1-13-32-14-10-27(11-15-32)18-33(24-8-7-22(30)17-23(24)27)26(34)20-9-12-31-25(29)16-20/h1-9,12,16-17H,10-11,13-15,18H2. The van der Waals surface area contributed by atoms with Gasteiger partial charge in [-0.25, -0.2) is 4.98 Å². The molecule has 2 aliphatic heterocycles. The first kappa shape index (κ1) is 23.8. The van der Waals surface area contributed by atoms with E-state index in [2.05, 4.69) is 62.8 Å². The van der Waals surface area contributed by atoms with E-state index in [1.807, 2.05) is 29.2 Å². The molecule has 0 unspecified atom stereocenters. The van der Waals surface area contributed by atoms with Crippen molar-refractivity contribution < 1.29 is 4.79 Å². The third-order valence-electron chi connectivity index (χ3n) is 6.86. The summed E-state index contributed by atoms with van der Waals surface area (Å²) in [6.07, 6.45) is 8.00. The molecule has 1 saturated heterocycles. The smallest absolute Gasteiger partial charge is 0.258 e. The molecule has 3 heterocycles. The molecule has 5 rings (SSSR count). The Balaban J connectivity index is 1.31. The minimum absolute atomic E-state index is 0.0145. The number of carbonyl (C=O) groups excluding carboxylic acids is 1. The van der Waals surface area contributed by atoms with Gasteiger partial charge in [-0.3, -0.25) is 9.69 Å². The molecule has 1 amide bonds. The third-order valence-corrected chi connectivity index (χ3v) is 7.99. The number of amides is 1. The van der Waals surface area contributed by atoms with Crippen LogP contribution in [-0.4, -0.2) is 42.0 Å². The summed E-state index contributed by atoms with van der Waals surface area (Å²) in [6, 6.07) is 17.7. The second kappa shape index (κ2) is 9.97. The molecule has 1 spiro atoms. The lowest BCUT2D eigenvalue weighted by Crippen LogP contribution is -2.46. The SMILES string of the molecule is O=C(c1ccnc(Cl)c1)N1CC2(CCN(CC=Cc3ccc(Cl)cc3)CC2)c2cc(I)ccc21. The van der Waals surface area contributed by atoms with Gasteiger partial charge in [0.15, 0.2) is 0 Å². The summed E-state index contributed by atoms with van der Waals surface area (Å²) in [5.74, 6) is -0.0167. The molecule has 0 radical (unpaired) electrons. The third kappa shape index (κ3) is 4.89. The molecule has 1 aromatic heterocycles. The Morgan fingerprint density at radius 3 is 2.56 bits per heavy atom. The van der Waals surface area contributed by atoms with Gasteiger partial charge >= 0.3 is 0 Å². The Hall–Kier alpha value is -1.93. The van der Waals surface area contributed by atoms with Gasteiger partial charge in [0, 0.05) is 44.5 Å². The molecule has 0 bridgehead atoms. The Bertz CT molecular complexity index is 1240. The summed E-state index contributed by atoms with van der Waals surface area (Å²) in [4.78, 5) is 21.9. The van der Waals surface area contributed by atoms with E-state index in [0.717, 1.165) is 48.7 Å². The zero-order valence-electron chi connectivity index (χ0n) is 18.6.